The Morgan fingerprint density at radius 1 is 1.63 bits per heavy atom. The second-order valence-electron chi connectivity index (χ2n) is 4.29. The summed E-state index contributed by atoms with van der Waals surface area (Å²) >= 11 is 6.64. The van der Waals surface area contributed by atoms with Gasteiger partial charge in [-0.2, -0.15) is 11.8 Å². The van der Waals surface area contributed by atoms with Gasteiger partial charge in [0.1, 0.15) is 16.2 Å². The largest absolute Gasteiger partial charge is 0.389 e. The van der Waals surface area contributed by atoms with E-state index in [-0.39, 0.29) is 4.99 Å². The maximum absolute atomic E-state index is 11.9. The minimum Gasteiger partial charge on any atom is -0.389 e. The predicted octanol–water partition coefficient (Wildman–Crippen LogP) is 0.640. The van der Waals surface area contributed by atoms with Crippen molar-refractivity contribution in [2.75, 3.05) is 29.2 Å². The van der Waals surface area contributed by atoms with Crippen molar-refractivity contribution < 1.29 is 8.42 Å². The molecule has 1 aromatic heterocycles. The van der Waals surface area contributed by atoms with E-state index in [2.05, 4.69) is 4.98 Å². The van der Waals surface area contributed by atoms with Gasteiger partial charge in [0.05, 0.1) is 5.56 Å². The Labute approximate surface area is 122 Å². The lowest BCUT2D eigenvalue weighted by Crippen LogP contribution is -2.48. The van der Waals surface area contributed by atoms with Crippen LogP contribution in [0.4, 0.5) is 5.82 Å². The molecule has 0 amide bonds. The molecule has 8 heteroatoms. The van der Waals surface area contributed by atoms with Crippen molar-refractivity contribution in [3.63, 3.8) is 0 Å². The Morgan fingerprint density at radius 2 is 2.37 bits per heavy atom. The van der Waals surface area contributed by atoms with Crippen molar-refractivity contribution in [1.29, 1.82) is 0 Å². The van der Waals surface area contributed by atoms with E-state index >= 15 is 0 Å². The van der Waals surface area contributed by atoms with Crippen LogP contribution in [0, 0.1) is 0 Å². The predicted molar refractivity (Wildman–Crippen MR) is 83.4 cm³/mol. The molecule has 1 unspecified atom stereocenters. The summed E-state index contributed by atoms with van der Waals surface area (Å²) in [4.78, 5) is 6.29. The van der Waals surface area contributed by atoms with Gasteiger partial charge in [0.25, 0.3) is 0 Å². The van der Waals surface area contributed by atoms with Crippen molar-refractivity contribution in [3.05, 3.63) is 23.9 Å². The maximum Gasteiger partial charge on any atom is 0.169 e. The highest BCUT2D eigenvalue weighted by atomic mass is 32.2. The van der Waals surface area contributed by atoms with Crippen molar-refractivity contribution in [1.82, 2.24) is 4.98 Å². The average molecular weight is 317 g/mol. The third-order valence-electron chi connectivity index (χ3n) is 2.90. The van der Waals surface area contributed by atoms with Crippen molar-refractivity contribution in [3.8, 4) is 0 Å². The van der Waals surface area contributed by atoms with Gasteiger partial charge < -0.3 is 10.6 Å². The molecule has 0 bridgehead atoms. The van der Waals surface area contributed by atoms with Crippen LogP contribution in [0.5, 0.6) is 0 Å². The summed E-state index contributed by atoms with van der Waals surface area (Å²) in [6, 6.07) is 3.51. The zero-order valence-electron chi connectivity index (χ0n) is 10.4. The van der Waals surface area contributed by atoms with Gasteiger partial charge >= 0.3 is 0 Å². The van der Waals surface area contributed by atoms with Gasteiger partial charge in [-0.15, -0.1) is 0 Å². The Balaban J connectivity index is 2.46. The first-order chi connectivity index (χ1) is 8.91. The molecule has 2 heterocycles. The van der Waals surface area contributed by atoms with Gasteiger partial charge in [-0.05, 0) is 12.1 Å². The van der Waals surface area contributed by atoms with Crippen LogP contribution in [0.25, 0.3) is 0 Å². The SMILES string of the molecule is CS(=O)(=O)C1CSCCN1c1ncccc1C(N)=S. The van der Waals surface area contributed by atoms with Crippen LogP contribution in [-0.2, 0) is 9.84 Å². The minimum atomic E-state index is -3.18. The standard InChI is InChI=1S/C11H15N3O2S3/c1-19(15,16)9-7-18-6-5-14(9)11-8(10(12)17)3-2-4-13-11/h2-4,9H,5-7H2,1H3,(H2,12,17). The lowest BCUT2D eigenvalue weighted by atomic mass is 10.2. The molecule has 0 spiro atoms. The summed E-state index contributed by atoms with van der Waals surface area (Å²) in [5.74, 6) is 1.96. The Kier molecular flexibility index (Phi) is 4.32. The van der Waals surface area contributed by atoms with Gasteiger partial charge in [0, 0.05) is 30.5 Å². The van der Waals surface area contributed by atoms with Gasteiger partial charge in [-0.3, -0.25) is 0 Å². The highest BCUT2D eigenvalue weighted by Crippen LogP contribution is 2.27. The summed E-state index contributed by atoms with van der Waals surface area (Å²) < 4.78 is 23.8. The van der Waals surface area contributed by atoms with E-state index in [1.165, 1.54) is 6.26 Å². The van der Waals surface area contributed by atoms with Crippen LogP contribution >= 0.6 is 24.0 Å². The maximum atomic E-state index is 11.9. The number of hydrogen-bond acceptors (Lipinski definition) is 6. The van der Waals surface area contributed by atoms with Crippen LogP contribution < -0.4 is 10.6 Å². The highest BCUT2D eigenvalue weighted by Gasteiger charge is 2.33. The van der Waals surface area contributed by atoms with E-state index in [0.29, 0.717) is 23.7 Å². The molecule has 1 aliphatic heterocycles. The number of nitrogens with two attached hydrogens (primary N) is 1. The number of hydrogen-bond donors (Lipinski definition) is 1. The van der Waals surface area contributed by atoms with Gasteiger partial charge in [0.2, 0.25) is 0 Å². The Bertz CT molecular complexity index is 589. The van der Waals surface area contributed by atoms with Crippen molar-refractivity contribution in [2.24, 2.45) is 5.73 Å². The molecule has 0 saturated carbocycles. The molecule has 2 N–H and O–H groups in total. The summed E-state index contributed by atoms with van der Waals surface area (Å²) in [6.45, 7) is 0.620. The number of nitrogens with zero attached hydrogens (tertiary/aromatic N) is 2. The molecule has 1 saturated heterocycles. The van der Waals surface area contributed by atoms with E-state index < -0.39 is 15.2 Å². The fourth-order valence-corrected chi connectivity index (χ4v) is 4.97. The second-order valence-corrected chi connectivity index (χ2v) is 8.08. The van der Waals surface area contributed by atoms with E-state index in [0.717, 1.165) is 5.75 Å². The van der Waals surface area contributed by atoms with Crippen LogP contribution in [0.2, 0.25) is 0 Å². The third kappa shape index (κ3) is 3.18. The molecule has 104 valence electrons. The summed E-state index contributed by atoms with van der Waals surface area (Å²) in [6.07, 6.45) is 2.87. The molecule has 1 aromatic rings. The summed E-state index contributed by atoms with van der Waals surface area (Å²) in [7, 11) is -3.18. The van der Waals surface area contributed by atoms with Crippen LogP contribution in [0.15, 0.2) is 18.3 Å². The van der Waals surface area contributed by atoms with E-state index in [1.807, 2.05) is 0 Å². The first-order valence-corrected chi connectivity index (χ1v) is 9.21. The zero-order valence-corrected chi connectivity index (χ0v) is 12.9. The molecular weight excluding hydrogens is 302 g/mol. The normalized spacial score (nSPS) is 20.3. The first-order valence-electron chi connectivity index (χ1n) is 5.69. The Morgan fingerprint density at radius 3 is 3.00 bits per heavy atom. The molecule has 2 rings (SSSR count). The molecule has 0 aromatic carbocycles. The minimum absolute atomic E-state index is 0.230. The van der Waals surface area contributed by atoms with Gasteiger partial charge in [-0.25, -0.2) is 13.4 Å². The molecule has 5 nitrogen and oxygen atoms in total. The van der Waals surface area contributed by atoms with Crippen molar-refractivity contribution in [2.45, 2.75) is 5.37 Å². The molecular formula is C11H15N3O2S3. The molecule has 0 aliphatic carbocycles. The number of aromatic nitrogens is 1. The average Bonchev–Trinajstić information content (AvgIpc) is 2.37. The van der Waals surface area contributed by atoms with E-state index in [9.17, 15) is 8.42 Å². The van der Waals surface area contributed by atoms with Crippen LogP contribution in [0.3, 0.4) is 0 Å². The first kappa shape index (κ1) is 14.5. The van der Waals surface area contributed by atoms with Crippen LogP contribution in [0.1, 0.15) is 5.56 Å². The van der Waals surface area contributed by atoms with Gasteiger partial charge in [-0.1, -0.05) is 12.2 Å². The van der Waals surface area contributed by atoms with Gasteiger partial charge in [0.15, 0.2) is 9.84 Å². The summed E-state index contributed by atoms with van der Waals surface area (Å²) in [5.41, 5.74) is 6.31. The smallest absolute Gasteiger partial charge is 0.169 e. The number of sulfone groups is 1. The second kappa shape index (κ2) is 5.64. The quantitative estimate of drug-likeness (QED) is 0.820. The fraction of sp³-hybridized carbons (Fsp3) is 0.455. The molecule has 0 radical (unpaired) electrons. The fourth-order valence-electron chi connectivity index (χ4n) is 2.00. The highest BCUT2D eigenvalue weighted by molar-refractivity contribution is 8.01. The monoisotopic (exact) mass is 317 g/mol. The third-order valence-corrected chi connectivity index (χ3v) is 5.77. The summed E-state index contributed by atoms with van der Waals surface area (Å²) in [5, 5.41) is -0.575. The molecule has 1 aliphatic rings. The number of pyridine rings is 1. The topological polar surface area (TPSA) is 76.3 Å². The number of anilines is 1. The molecule has 1 atom stereocenters. The number of rotatable bonds is 3. The number of thioether (sulfide) groups is 1. The van der Waals surface area contributed by atoms with Crippen LogP contribution in [-0.4, -0.2) is 48.1 Å². The van der Waals surface area contributed by atoms with Crippen molar-refractivity contribution >= 4 is 44.6 Å². The lowest BCUT2D eigenvalue weighted by molar-refractivity contribution is 0.583. The van der Waals surface area contributed by atoms with E-state index in [1.54, 1.807) is 35.0 Å². The molecule has 19 heavy (non-hydrogen) atoms. The zero-order chi connectivity index (χ0) is 14.0. The molecule has 1 fully saturated rings. The lowest BCUT2D eigenvalue weighted by Gasteiger charge is -2.35. The number of thiocarbonyl (C=S) groups is 1. The Hall–Kier alpha value is -0.860. The van der Waals surface area contributed by atoms with E-state index in [4.69, 9.17) is 18.0 Å².